The van der Waals surface area contributed by atoms with Crippen molar-refractivity contribution in [1.29, 1.82) is 0 Å². The van der Waals surface area contributed by atoms with Gasteiger partial charge in [-0.2, -0.15) is 9.90 Å². The van der Waals surface area contributed by atoms with Crippen LogP contribution in [-0.4, -0.2) is 18.5 Å². The lowest BCUT2D eigenvalue weighted by molar-refractivity contribution is 0.112. The van der Waals surface area contributed by atoms with Crippen LogP contribution in [-0.2, 0) is 0 Å². The number of ether oxygens (including phenoxy) is 1. The summed E-state index contributed by atoms with van der Waals surface area (Å²) in [7, 11) is 1.43. The van der Waals surface area contributed by atoms with E-state index in [0.29, 0.717) is 17.6 Å². The fourth-order valence-corrected chi connectivity index (χ4v) is 0.768. The predicted octanol–water partition coefficient (Wildman–Crippen LogP) is 1.27. The van der Waals surface area contributed by atoms with E-state index in [9.17, 15) is 4.79 Å². The monoisotopic (exact) mass is 186 g/mol. The molecule has 0 saturated heterocycles. The standard InChI is InChI=1S/C8H8O3.H3P/c1-11-8-4-6(5-9)2-3-7(8)10;/h2-5,10H,1H3;1H3. The molecule has 12 heavy (non-hydrogen) atoms. The first-order chi connectivity index (χ1) is 5.27. The van der Waals surface area contributed by atoms with Gasteiger partial charge in [-0.15, -0.1) is 0 Å². The van der Waals surface area contributed by atoms with Crippen molar-refractivity contribution in [2.24, 2.45) is 0 Å². The number of aldehydes is 1. The number of carbonyl (C=O) groups excluding carboxylic acids is 1. The average Bonchev–Trinajstić information content (AvgIpc) is 2.05. The van der Waals surface area contributed by atoms with Crippen molar-refractivity contribution < 1.29 is 14.6 Å². The molecule has 0 spiro atoms. The fourth-order valence-electron chi connectivity index (χ4n) is 0.768. The highest BCUT2D eigenvalue weighted by Crippen LogP contribution is 2.25. The van der Waals surface area contributed by atoms with E-state index in [1.807, 2.05) is 0 Å². The van der Waals surface area contributed by atoms with Crippen LogP contribution in [0.4, 0.5) is 0 Å². The largest absolute Gasteiger partial charge is 0.504 e. The zero-order valence-electron chi connectivity index (χ0n) is 6.78. The van der Waals surface area contributed by atoms with Crippen molar-refractivity contribution in [3.8, 4) is 11.5 Å². The van der Waals surface area contributed by atoms with Gasteiger partial charge in [-0.05, 0) is 18.2 Å². The maximum Gasteiger partial charge on any atom is 0.161 e. The van der Waals surface area contributed by atoms with Crippen LogP contribution >= 0.6 is 9.90 Å². The minimum atomic E-state index is 0. The van der Waals surface area contributed by atoms with Gasteiger partial charge in [0.05, 0.1) is 7.11 Å². The van der Waals surface area contributed by atoms with Gasteiger partial charge in [0.2, 0.25) is 0 Å². The Hall–Kier alpha value is -1.08. The van der Waals surface area contributed by atoms with Gasteiger partial charge in [0.25, 0.3) is 0 Å². The van der Waals surface area contributed by atoms with Gasteiger partial charge < -0.3 is 9.84 Å². The van der Waals surface area contributed by atoms with Crippen molar-refractivity contribution in [3.05, 3.63) is 23.8 Å². The van der Waals surface area contributed by atoms with Crippen molar-refractivity contribution in [3.63, 3.8) is 0 Å². The summed E-state index contributed by atoms with van der Waals surface area (Å²) in [5, 5.41) is 9.09. The summed E-state index contributed by atoms with van der Waals surface area (Å²) in [6.45, 7) is 0. The number of benzene rings is 1. The van der Waals surface area contributed by atoms with Crippen molar-refractivity contribution in [1.82, 2.24) is 0 Å². The first-order valence-electron chi connectivity index (χ1n) is 3.10. The highest BCUT2D eigenvalue weighted by atomic mass is 31.0. The molecule has 1 N–H and O–H groups in total. The molecule has 1 rings (SSSR count). The molecule has 1 atom stereocenters. The summed E-state index contributed by atoms with van der Waals surface area (Å²) in [5.41, 5.74) is 0.486. The Morgan fingerprint density at radius 2 is 2.17 bits per heavy atom. The molecule has 0 aliphatic carbocycles. The molecule has 0 bridgehead atoms. The number of methoxy groups -OCH3 is 1. The molecule has 0 aliphatic rings. The highest BCUT2D eigenvalue weighted by molar-refractivity contribution is 6.92. The quantitative estimate of drug-likeness (QED) is 0.558. The summed E-state index contributed by atoms with van der Waals surface area (Å²) in [6.07, 6.45) is 0.696. The van der Waals surface area contributed by atoms with Crippen LogP contribution in [0.3, 0.4) is 0 Å². The average molecular weight is 186 g/mol. The van der Waals surface area contributed by atoms with Gasteiger partial charge in [0, 0.05) is 5.56 Å². The molecule has 1 unspecified atom stereocenters. The van der Waals surface area contributed by atoms with E-state index < -0.39 is 0 Å². The molecular weight excluding hydrogens is 175 g/mol. The Morgan fingerprint density at radius 3 is 2.67 bits per heavy atom. The maximum absolute atomic E-state index is 10.2. The zero-order chi connectivity index (χ0) is 8.27. The first kappa shape index (κ1) is 10.9. The van der Waals surface area contributed by atoms with E-state index in [2.05, 4.69) is 0 Å². The molecule has 0 aromatic heterocycles. The summed E-state index contributed by atoms with van der Waals surface area (Å²) in [6, 6.07) is 4.41. The molecule has 0 saturated carbocycles. The zero-order valence-corrected chi connectivity index (χ0v) is 8.19. The number of hydrogen-bond acceptors (Lipinski definition) is 3. The Balaban J connectivity index is 0.00000121. The lowest BCUT2D eigenvalue weighted by Gasteiger charge is -2.01. The van der Waals surface area contributed by atoms with Crippen LogP contribution in [0.2, 0.25) is 0 Å². The van der Waals surface area contributed by atoms with Gasteiger partial charge in [-0.1, -0.05) is 0 Å². The topological polar surface area (TPSA) is 46.5 Å². The van der Waals surface area contributed by atoms with E-state index >= 15 is 0 Å². The Bertz CT molecular complexity index is 273. The molecule has 0 aliphatic heterocycles. The second-order valence-electron chi connectivity index (χ2n) is 2.05. The Kier molecular flexibility index (Phi) is 4.30. The second-order valence-corrected chi connectivity index (χ2v) is 2.05. The molecule has 4 heteroatoms. The van der Waals surface area contributed by atoms with Crippen LogP contribution in [0.15, 0.2) is 18.2 Å². The van der Waals surface area contributed by atoms with E-state index in [0.717, 1.165) is 0 Å². The van der Waals surface area contributed by atoms with Crippen LogP contribution in [0.25, 0.3) is 0 Å². The Morgan fingerprint density at radius 1 is 1.50 bits per heavy atom. The molecule has 0 heterocycles. The minimum absolute atomic E-state index is 0. The van der Waals surface area contributed by atoms with Crippen molar-refractivity contribution >= 4 is 16.2 Å². The lowest BCUT2D eigenvalue weighted by Crippen LogP contribution is -1.85. The van der Waals surface area contributed by atoms with E-state index in [-0.39, 0.29) is 15.6 Å². The van der Waals surface area contributed by atoms with E-state index in [1.54, 1.807) is 0 Å². The predicted molar refractivity (Wildman–Crippen MR) is 51.2 cm³/mol. The molecule has 0 fully saturated rings. The Labute approximate surface area is 74.0 Å². The molecule has 3 nitrogen and oxygen atoms in total. The molecular formula is C8H11O3P. The van der Waals surface area contributed by atoms with Gasteiger partial charge in [0.15, 0.2) is 11.5 Å². The van der Waals surface area contributed by atoms with Gasteiger partial charge in [0.1, 0.15) is 6.29 Å². The third-order valence-corrected chi connectivity index (χ3v) is 1.34. The molecule has 1 aromatic carbocycles. The van der Waals surface area contributed by atoms with Crippen LogP contribution < -0.4 is 4.74 Å². The van der Waals surface area contributed by atoms with Crippen LogP contribution in [0.1, 0.15) is 10.4 Å². The fraction of sp³-hybridized carbons (Fsp3) is 0.125. The highest BCUT2D eigenvalue weighted by Gasteiger charge is 2.00. The lowest BCUT2D eigenvalue weighted by atomic mass is 10.2. The van der Waals surface area contributed by atoms with Crippen LogP contribution in [0.5, 0.6) is 11.5 Å². The minimum Gasteiger partial charge on any atom is -0.504 e. The number of rotatable bonds is 2. The van der Waals surface area contributed by atoms with Gasteiger partial charge >= 0.3 is 0 Å². The molecule has 66 valence electrons. The summed E-state index contributed by atoms with van der Waals surface area (Å²) in [5.74, 6) is 0.354. The second kappa shape index (κ2) is 4.73. The first-order valence-corrected chi connectivity index (χ1v) is 3.10. The number of phenols is 1. The van der Waals surface area contributed by atoms with Crippen molar-refractivity contribution in [2.45, 2.75) is 0 Å². The van der Waals surface area contributed by atoms with Gasteiger partial charge in [-0.25, -0.2) is 0 Å². The number of phenolic OH excluding ortho intramolecular Hbond substituents is 1. The molecule has 0 amide bonds. The van der Waals surface area contributed by atoms with E-state index in [1.165, 1.54) is 25.3 Å². The summed E-state index contributed by atoms with van der Waals surface area (Å²) >= 11 is 0. The van der Waals surface area contributed by atoms with E-state index in [4.69, 9.17) is 9.84 Å². The number of carbonyl (C=O) groups is 1. The number of aromatic hydroxyl groups is 1. The summed E-state index contributed by atoms with van der Waals surface area (Å²) < 4.78 is 4.78. The smallest absolute Gasteiger partial charge is 0.161 e. The van der Waals surface area contributed by atoms with Crippen molar-refractivity contribution in [2.75, 3.05) is 7.11 Å². The van der Waals surface area contributed by atoms with Crippen LogP contribution in [0, 0.1) is 0 Å². The molecule has 1 aromatic rings. The third kappa shape index (κ3) is 2.21. The summed E-state index contributed by atoms with van der Waals surface area (Å²) in [4.78, 5) is 10.2. The normalized spacial score (nSPS) is 8.42. The van der Waals surface area contributed by atoms with Gasteiger partial charge in [-0.3, -0.25) is 4.79 Å². The molecule has 0 radical (unpaired) electrons. The SMILES string of the molecule is COc1cc(C=O)ccc1O.P. The number of hydrogen-bond donors (Lipinski definition) is 1. The third-order valence-electron chi connectivity index (χ3n) is 1.34. The maximum atomic E-state index is 10.2.